The Labute approximate surface area is 132 Å². The second-order valence-corrected chi connectivity index (χ2v) is 6.45. The standard InChI is InChI=1S/C18H25NO3/c1-13(2)14-6-8-15(9-7-14)17(20)19-10-4-3-5-16(19)18-21-11-12-22-18/h6-9,13,16,18H,3-5,10-12H2,1-2H3. The first-order chi connectivity index (χ1) is 10.7. The van der Waals surface area contributed by atoms with Gasteiger partial charge in [-0.1, -0.05) is 26.0 Å². The Hall–Kier alpha value is -1.39. The highest BCUT2D eigenvalue weighted by molar-refractivity contribution is 5.94. The van der Waals surface area contributed by atoms with E-state index >= 15 is 0 Å². The smallest absolute Gasteiger partial charge is 0.254 e. The molecule has 4 nitrogen and oxygen atoms in total. The second-order valence-electron chi connectivity index (χ2n) is 6.45. The van der Waals surface area contributed by atoms with E-state index in [1.54, 1.807) is 0 Å². The summed E-state index contributed by atoms with van der Waals surface area (Å²) in [6.45, 7) is 6.37. The van der Waals surface area contributed by atoms with Crippen LogP contribution in [0, 0.1) is 0 Å². The largest absolute Gasteiger partial charge is 0.348 e. The minimum absolute atomic E-state index is 0.0496. The van der Waals surface area contributed by atoms with Crippen LogP contribution >= 0.6 is 0 Å². The van der Waals surface area contributed by atoms with E-state index in [1.165, 1.54) is 5.56 Å². The van der Waals surface area contributed by atoms with Gasteiger partial charge in [-0.05, 0) is 42.9 Å². The molecule has 0 spiro atoms. The van der Waals surface area contributed by atoms with Gasteiger partial charge in [-0.3, -0.25) is 4.79 Å². The van der Waals surface area contributed by atoms with Crippen LogP contribution in [0.3, 0.4) is 0 Å². The summed E-state index contributed by atoms with van der Waals surface area (Å²) in [4.78, 5) is 14.8. The molecule has 0 bridgehead atoms. The number of amides is 1. The second kappa shape index (κ2) is 6.80. The summed E-state index contributed by atoms with van der Waals surface area (Å²) in [6, 6.07) is 8.05. The van der Waals surface area contributed by atoms with Crippen LogP contribution in [0.2, 0.25) is 0 Å². The maximum Gasteiger partial charge on any atom is 0.254 e. The normalized spacial score (nSPS) is 23.2. The third-order valence-corrected chi connectivity index (χ3v) is 4.60. The third-order valence-electron chi connectivity index (χ3n) is 4.60. The Balaban J connectivity index is 1.76. The van der Waals surface area contributed by atoms with E-state index in [4.69, 9.17) is 9.47 Å². The molecule has 1 atom stereocenters. The summed E-state index contributed by atoms with van der Waals surface area (Å²) in [6.07, 6.45) is 2.89. The Morgan fingerprint density at radius 2 is 1.82 bits per heavy atom. The van der Waals surface area contributed by atoms with E-state index in [1.807, 2.05) is 17.0 Å². The summed E-state index contributed by atoms with van der Waals surface area (Å²) in [5.74, 6) is 0.575. The molecule has 120 valence electrons. The fraction of sp³-hybridized carbons (Fsp3) is 0.611. The molecule has 0 radical (unpaired) electrons. The average molecular weight is 303 g/mol. The van der Waals surface area contributed by atoms with Gasteiger partial charge in [0.2, 0.25) is 0 Å². The number of hydrogen-bond donors (Lipinski definition) is 0. The first kappa shape index (κ1) is 15.5. The molecule has 2 aliphatic heterocycles. The quantitative estimate of drug-likeness (QED) is 0.861. The van der Waals surface area contributed by atoms with Crippen molar-refractivity contribution in [3.05, 3.63) is 35.4 Å². The van der Waals surface area contributed by atoms with Crippen molar-refractivity contribution in [2.45, 2.75) is 51.4 Å². The molecule has 0 N–H and O–H groups in total. The molecule has 4 heteroatoms. The van der Waals surface area contributed by atoms with Crippen molar-refractivity contribution in [1.82, 2.24) is 4.90 Å². The number of rotatable bonds is 3. The Bertz CT molecular complexity index is 506. The molecule has 2 saturated heterocycles. The van der Waals surface area contributed by atoms with E-state index in [2.05, 4.69) is 26.0 Å². The highest BCUT2D eigenvalue weighted by atomic mass is 16.7. The SMILES string of the molecule is CC(C)c1ccc(C(=O)N2CCCCC2C2OCCO2)cc1. The molecule has 0 saturated carbocycles. The lowest BCUT2D eigenvalue weighted by Gasteiger charge is -2.38. The lowest BCUT2D eigenvalue weighted by molar-refractivity contribution is -0.100. The van der Waals surface area contributed by atoms with Crippen LogP contribution in [0.5, 0.6) is 0 Å². The van der Waals surface area contributed by atoms with Crippen molar-refractivity contribution < 1.29 is 14.3 Å². The highest BCUT2D eigenvalue weighted by Crippen LogP contribution is 2.26. The van der Waals surface area contributed by atoms with Gasteiger partial charge < -0.3 is 14.4 Å². The van der Waals surface area contributed by atoms with Crippen LogP contribution in [-0.4, -0.2) is 42.9 Å². The van der Waals surface area contributed by atoms with Crippen molar-refractivity contribution in [3.8, 4) is 0 Å². The molecule has 2 aliphatic rings. The molecule has 0 aromatic heterocycles. The summed E-state index contributed by atoms with van der Waals surface area (Å²) in [5, 5.41) is 0. The lowest BCUT2D eigenvalue weighted by atomic mass is 9.98. The highest BCUT2D eigenvalue weighted by Gasteiger charge is 2.36. The molecular formula is C18H25NO3. The molecule has 3 rings (SSSR count). The molecular weight excluding hydrogens is 278 g/mol. The maximum atomic E-state index is 12.9. The van der Waals surface area contributed by atoms with Gasteiger partial charge in [-0.15, -0.1) is 0 Å². The van der Waals surface area contributed by atoms with Gasteiger partial charge in [0, 0.05) is 12.1 Å². The monoisotopic (exact) mass is 303 g/mol. The van der Waals surface area contributed by atoms with Gasteiger partial charge in [-0.2, -0.15) is 0 Å². The number of hydrogen-bond acceptors (Lipinski definition) is 3. The number of nitrogens with zero attached hydrogens (tertiary/aromatic N) is 1. The predicted octanol–water partition coefficient (Wildman–Crippen LogP) is 3.18. The number of benzene rings is 1. The van der Waals surface area contributed by atoms with E-state index in [9.17, 15) is 4.79 Å². The van der Waals surface area contributed by atoms with E-state index in [0.29, 0.717) is 19.1 Å². The van der Waals surface area contributed by atoms with Crippen molar-refractivity contribution in [3.63, 3.8) is 0 Å². The first-order valence-corrected chi connectivity index (χ1v) is 8.31. The van der Waals surface area contributed by atoms with Crippen LogP contribution in [0.15, 0.2) is 24.3 Å². The summed E-state index contributed by atoms with van der Waals surface area (Å²) in [7, 11) is 0. The molecule has 2 heterocycles. The zero-order valence-electron chi connectivity index (χ0n) is 13.5. The van der Waals surface area contributed by atoms with E-state index < -0.39 is 0 Å². The van der Waals surface area contributed by atoms with Gasteiger partial charge >= 0.3 is 0 Å². The van der Waals surface area contributed by atoms with Crippen molar-refractivity contribution >= 4 is 5.91 Å². The summed E-state index contributed by atoms with van der Waals surface area (Å²) >= 11 is 0. The number of carbonyl (C=O) groups is 1. The van der Waals surface area contributed by atoms with E-state index in [-0.39, 0.29) is 18.2 Å². The van der Waals surface area contributed by atoms with Crippen molar-refractivity contribution in [2.75, 3.05) is 19.8 Å². The zero-order valence-corrected chi connectivity index (χ0v) is 13.5. The lowest BCUT2D eigenvalue weighted by Crippen LogP contribution is -2.50. The molecule has 1 amide bonds. The van der Waals surface area contributed by atoms with Gasteiger partial charge in [0.05, 0.1) is 19.3 Å². The van der Waals surface area contributed by atoms with Crippen molar-refractivity contribution in [1.29, 1.82) is 0 Å². The van der Waals surface area contributed by atoms with Crippen molar-refractivity contribution in [2.24, 2.45) is 0 Å². The van der Waals surface area contributed by atoms with Gasteiger partial charge in [0.15, 0.2) is 6.29 Å². The summed E-state index contributed by atoms with van der Waals surface area (Å²) in [5.41, 5.74) is 2.02. The number of likely N-dealkylation sites (tertiary alicyclic amines) is 1. The maximum absolute atomic E-state index is 12.9. The predicted molar refractivity (Wildman–Crippen MR) is 84.9 cm³/mol. The molecule has 0 aliphatic carbocycles. The average Bonchev–Trinajstić information content (AvgIpc) is 3.08. The molecule has 1 unspecified atom stereocenters. The topological polar surface area (TPSA) is 38.8 Å². The minimum Gasteiger partial charge on any atom is -0.348 e. The fourth-order valence-corrected chi connectivity index (χ4v) is 3.27. The van der Waals surface area contributed by atoms with Gasteiger partial charge in [0.1, 0.15) is 0 Å². The Morgan fingerprint density at radius 1 is 1.14 bits per heavy atom. The van der Waals surface area contributed by atoms with Gasteiger partial charge in [0.25, 0.3) is 5.91 Å². The first-order valence-electron chi connectivity index (χ1n) is 8.31. The molecule has 1 aromatic carbocycles. The van der Waals surface area contributed by atoms with Crippen LogP contribution in [0.1, 0.15) is 54.9 Å². The molecule has 2 fully saturated rings. The Kier molecular flexibility index (Phi) is 4.79. The zero-order chi connectivity index (χ0) is 15.5. The molecule has 1 aromatic rings. The van der Waals surface area contributed by atoms with Crippen LogP contribution in [0.25, 0.3) is 0 Å². The van der Waals surface area contributed by atoms with Crippen LogP contribution < -0.4 is 0 Å². The Morgan fingerprint density at radius 3 is 2.45 bits per heavy atom. The fourth-order valence-electron chi connectivity index (χ4n) is 3.27. The number of piperidine rings is 1. The molecule has 22 heavy (non-hydrogen) atoms. The third kappa shape index (κ3) is 3.18. The minimum atomic E-state index is -0.251. The van der Waals surface area contributed by atoms with E-state index in [0.717, 1.165) is 31.4 Å². The van der Waals surface area contributed by atoms with Crippen LogP contribution in [0.4, 0.5) is 0 Å². The summed E-state index contributed by atoms with van der Waals surface area (Å²) < 4.78 is 11.3. The van der Waals surface area contributed by atoms with Crippen LogP contribution in [-0.2, 0) is 9.47 Å². The number of carbonyl (C=O) groups excluding carboxylic acids is 1. The number of ether oxygens (including phenoxy) is 2. The van der Waals surface area contributed by atoms with Gasteiger partial charge in [-0.25, -0.2) is 0 Å².